The molecular weight excluding hydrogens is 296 g/mol. The number of halogens is 5. The number of rotatable bonds is 3. The molecule has 1 unspecified atom stereocenters. The third-order valence-electron chi connectivity index (χ3n) is 2.81. The molecule has 0 aliphatic heterocycles. The van der Waals surface area contributed by atoms with E-state index in [4.69, 9.17) is 11.6 Å². The Labute approximate surface area is 117 Å². The summed E-state index contributed by atoms with van der Waals surface area (Å²) in [4.78, 5) is 0. The highest BCUT2D eigenvalue weighted by Crippen LogP contribution is 2.25. The average molecular weight is 305 g/mol. The van der Waals surface area contributed by atoms with E-state index in [9.17, 15) is 22.7 Å². The molecule has 0 saturated heterocycles. The fraction of sp³-hybridized carbons (Fsp3) is 0.143. The lowest BCUT2D eigenvalue weighted by Crippen LogP contribution is -2.06. The minimum atomic E-state index is -1.62. The highest BCUT2D eigenvalue weighted by molar-refractivity contribution is 6.30. The van der Waals surface area contributed by atoms with Crippen molar-refractivity contribution >= 4 is 11.6 Å². The van der Waals surface area contributed by atoms with E-state index >= 15 is 0 Å². The van der Waals surface area contributed by atoms with Crippen molar-refractivity contribution in [2.24, 2.45) is 0 Å². The fourth-order valence-corrected chi connectivity index (χ4v) is 1.99. The molecule has 6 heteroatoms. The van der Waals surface area contributed by atoms with Gasteiger partial charge in [0.2, 0.25) is 0 Å². The summed E-state index contributed by atoms with van der Waals surface area (Å²) in [5.74, 6) is -5.04. The molecule has 2 aromatic rings. The molecule has 106 valence electrons. The van der Waals surface area contributed by atoms with Gasteiger partial charge in [-0.25, -0.2) is 17.6 Å². The normalized spacial score (nSPS) is 12.5. The van der Waals surface area contributed by atoms with Crippen molar-refractivity contribution in [3.8, 4) is 0 Å². The maximum atomic E-state index is 13.5. The van der Waals surface area contributed by atoms with Gasteiger partial charge in [-0.1, -0.05) is 11.6 Å². The molecular formula is C14H9ClF4O. The van der Waals surface area contributed by atoms with Crippen LogP contribution in [-0.2, 0) is 6.42 Å². The van der Waals surface area contributed by atoms with Gasteiger partial charge >= 0.3 is 0 Å². The van der Waals surface area contributed by atoms with Crippen LogP contribution in [0.1, 0.15) is 17.2 Å². The second-order valence-electron chi connectivity index (χ2n) is 4.25. The molecule has 0 aliphatic carbocycles. The molecule has 0 heterocycles. The third-order valence-corrected chi connectivity index (χ3v) is 3.05. The maximum Gasteiger partial charge on any atom is 0.194 e. The Hall–Kier alpha value is -1.59. The summed E-state index contributed by atoms with van der Waals surface area (Å²) in [7, 11) is 0. The van der Waals surface area contributed by atoms with Gasteiger partial charge in [-0.05, 0) is 41.5 Å². The second kappa shape index (κ2) is 5.81. The van der Waals surface area contributed by atoms with Crippen LogP contribution in [-0.4, -0.2) is 5.11 Å². The first kappa shape index (κ1) is 14.8. The predicted octanol–water partition coefficient (Wildman–Crippen LogP) is 4.17. The van der Waals surface area contributed by atoms with Crippen molar-refractivity contribution in [3.63, 3.8) is 0 Å². The predicted molar refractivity (Wildman–Crippen MR) is 66.4 cm³/mol. The molecule has 0 saturated carbocycles. The van der Waals surface area contributed by atoms with Crippen molar-refractivity contribution in [1.82, 2.24) is 0 Å². The standard InChI is InChI=1S/C14H9ClF4O/c15-9-1-2-10(16)7(3-9)6-13(20)8-4-11(17)14(19)12(18)5-8/h1-5,13,20H,6H2. The van der Waals surface area contributed by atoms with Crippen LogP contribution in [0.5, 0.6) is 0 Å². The second-order valence-corrected chi connectivity index (χ2v) is 4.69. The van der Waals surface area contributed by atoms with Crippen LogP contribution in [0.15, 0.2) is 30.3 Å². The topological polar surface area (TPSA) is 20.2 Å². The largest absolute Gasteiger partial charge is 0.388 e. The Morgan fingerprint density at radius 2 is 1.55 bits per heavy atom. The van der Waals surface area contributed by atoms with E-state index in [1.165, 1.54) is 12.1 Å². The molecule has 0 fully saturated rings. The molecule has 2 rings (SSSR count). The van der Waals surface area contributed by atoms with Crippen molar-refractivity contribution in [1.29, 1.82) is 0 Å². The first-order valence-electron chi connectivity index (χ1n) is 5.65. The first-order valence-corrected chi connectivity index (χ1v) is 6.02. The van der Waals surface area contributed by atoms with Gasteiger partial charge in [-0.15, -0.1) is 0 Å². The van der Waals surface area contributed by atoms with E-state index < -0.39 is 29.4 Å². The summed E-state index contributed by atoms with van der Waals surface area (Å²) in [6.45, 7) is 0. The van der Waals surface area contributed by atoms with Gasteiger partial charge in [-0.2, -0.15) is 0 Å². The lowest BCUT2D eigenvalue weighted by molar-refractivity contribution is 0.176. The molecule has 0 aliphatic rings. The van der Waals surface area contributed by atoms with Crippen molar-refractivity contribution in [2.45, 2.75) is 12.5 Å². The van der Waals surface area contributed by atoms with E-state index in [1.54, 1.807) is 0 Å². The summed E-state index contributed by atoms with van der Waals surface area (Å²) >= 11 is 5.70. The lowest BCUT2D eigenvalue weighted by Gasteiger charge is -2.12. The van der Waals surface area contributed by atoms with E-state index in [0.717, 1.165) is 6.07 Å². The molecule has 20 heavy (non-hydrogen) atoms. The Morgan fingerprint density at radius 3 is 2.15 bits per heavy atom. The molecule has 0 spiro atoms. The molecule has 0 amide bonds. The van der Waals surface area contributed by atoms with Gasteiger partial charge in [0.1, 0.15) is 5.82 Å². The van der Waals surface area contributed by atoms with Crippen LogP contribution in [0, 0.1) is 23.3 Å². The molecule has 2 aromatic carbocycles. The zero-order valence-corrected chi connectivity index (χ0v) is 10.8. The Kier molecular flexibility index (Phi) is 4.30. The van der Waals surface area contributed by atoms with E-state index in [1.807, 2.05) is 0 Å². The summed E-state index contributed by atoms with van der Waals surface area (Å²) in [6, 6.07) is 5.10. The first-order chi connectivity index (χ1) is 9.38. The van der Waals surface area contributed by atoms with Crippen molar-refractivity contribution in [3.05, 3.63) is 69.8 Å². The van der Waals surface area contributed by atoms with Crippen LogP contribution in [0.3, 0.4) is 0 Å². The Balaban J connectivity index is 2.28. The van der Waals surface area contributed by atoms with Gasteiger partial charge in [0.15, 0.2) is 17.5 Å². The van der Waals surface area contributed by atoms with Crippen LogP contribution in [0.2, 0.25) is 5.02 Å². The molecule has 0 aromatic heterocycles. The van der Waals surface area contributed by atoms with Gasteiger partial charge in [0.05, 0.1) is 6.10 Å². The van der Waals surface area contributed by atoms with Gasteiger partial charge in [0.25, 0.3) is 0 Å². The lowest BCUT2D eigenvalue weighted by atomic mass is 10.0. The summed E-state index contributed by atoms with van der Waals surface area (Å²) < 4.78 is 52.4. The van der Waals surface area contributed by atoms with E-state index in [2.05, 4.69) is 0 Å². The number of aliphatic hydroxyl groups excluding tert-OH is 1. The minimum Gasteiger partial charge on any atom is -0.388 e. The smallest absolute Gasteiger partial charge is 0.194 e. The number of hydrogen-bond acceptors (Lipinski definition) is 1. The Bertz CT molecular complexity index is 622. The summed E-state index contributed by atoms with van der Waals surface area (Å²) in [6.07, 6.45) is -1.62. The minimum absolute atomic E-state index is 0.0927. The number of aliphatic hydroxyl groups is 1. The van der Waals surface area contributed by atoms with E-state index in [-0.39, 0.29) is 22.6 Å². The summed E-state index contributed by atoms with van der Waals surface area (Å²) in [5, 5.41) is 10.1. The van der Waals surface area contributed by atoms with Crippen molar-refractivity contribution in [2.75, 3.05) is 0 Å². The van der Waals surface area contributed by atoms with Crippen LogP contribution >= 0.6 is 11.6 Å². The van der Waals surface area contributed by atoms with Crippen molar-refractivity contribution < 1.29 is 22.7 Å². The van der Waals surface area contributed by atoms with Gasteiger partial charge in [0, 0.05) is 11.4 Å². The zero-order chi connectivity index (χ0) is 14.9. The molecule has 0 radical (unpaired) electrons. The van der Waals surface area contributed by atoms with E-state index in [0.29, 0.717) is 12.1 Å². The molecule has 1 atom stereocenters. The maximum absolute atomic E-state index is 13.5. The molecule has 1 N–H and O–H groups in total. The van der Waals surface area contributed by atoms with Crippen LogP contribution in [0.25, 0.3) is 0 Å². The van der Waals surface area contributed by atoms with Gasteiger partial charge in [-0.3, -0.25) is 0 Å². The van der Waals surface area contributed by atoms with Gasteiger partial charge < -0.3 is 5.11 Å². The van der Waals surface area contributed by atoms with Crippen LogP contribution in [0.4, 0.5) is 17.6 Å². The van der Waals surface area contributed by atoms with Crippen LogP contribution < -0.4 is 0 Å². The third kappa shape index (κ3) is 3.11. The molecule has 0 bridgehead atoms. The number of hydrogen-bond donors (Lipinski definition) is 1. The quantitative estimate of drug-likeness (QED) is 0.666. The monoisotopic (exact) mass is 304 g/mol. The SMILES string of the molecule is OC(Cc1cc(Cl)ccc1F)c1cc(F)c(F)c(F)c1. The fourth-order valence-electron chi connectivity index (χ4n) is 1.79. The Morgan fingerprint density at radius 1 is 0.950 bits per heavy atom. The zero-order valence-electron chi connectivity index (χ0n) is 10.0. The summed E-state index contributed by atoms with van der Waals surface area (Å²) in [5.41, 5.74) is -0.0871. The highest BCUT2D eigenvalue weighted by atomic mass is 35.5. The average Bonchev–Trinajstić information content (AvgIpc) is 2.39. The molecule has 1 nitrogen and oxygen atoms in total. The highest BCUT2D eigenvalue weighted by Gasteiger charge is 2.17. The number of benzene rings is 2.